The molecule has 0 unspecified atom stereocenters. The summed E-state index contributed by atoms with van der Waals surface area (Å²) in [5, 5.41) is 9.18. The van der Waals surface area contributed by atoms with Crippen LogP contribution in [0.3, 0.4) is 0 Å². The molecule has 2 N–H and O–H groups in total. The molecule has 3 aromatic rings. The fraction of sp³-hybridized carbons (Fsp3) is 0.263. The molecule has 0 spiro atoms. The second-order valence-corrected chi connectivity index (χ2v) is 6.51. The van der Waals surface area contributed by atoms with Crippen molar-refractivity contribution in [1.82, 2.24) is 20.0 Å². The number of anilines is 1. The molecule has 1 atom stereocenters. The van der Waals surface area contributed by atoms with Crippen LogP contribution in [0.5, 0.6) is 0 Å². The van der Waals surface area contributed by atoms with Gasteiger partial charge in [-0.1, -0.05) is 0 Å². The van der Waals surface area contributed by atoms with Crippen LogP contribution in [0.4, 0.5) is 23.7 Å². The SMILES string of the molecule is CN(C)[C@@H](CNC(=O)Nc1cc(C(F)(F)F)ccc1-n1cccn1)c1ccco1. The number of hydrogen-bond acceptors (Lipinski definition) is 4. The highest BCUT2D eigenvalue weighted by Crippen LogP contribution is 2.33. The van der Waals surface area contributed by atoms with Crippen molar-refractivity contribution in [3.63, 3.8) is 0 Å². The van der Waals surface area contributed by atoms with Crippen LogP contribution < -0.4 is 10.6 Å². The normalized spacial score (nSPS) is 12.8. The Bertz CT molecular complexity index is 937. The summed E-state index contributed by atoms with van der Waals surface area (Å²) in [6.07, 6.45) is 0.0625. The van der Waals surface area contributed by atoms with E-state index in [0.717, 1.165) is 12.1 Å². The van der Waals surface area contributed by atoms with Crippen molar-refractivity contribution in [1.29, 1.82) is 0 Å². The molecule has 0 saturated heterocycles. The number of benzene rings is 1. The number of likely N-dealkylation sites (N-methyl/N-ethyl adjacent to an activating group) is 1. The number of alkyl halides is 3. The Morgan fingerprint density at radius 3 is 2.66 bits per heavy atom. The predicted octanol–water partition coefficient (Wildman–Crippen LogP) is 3.91. The molecule has 0 bridgehead atoms. The molecule has 0 aliphatic carbocycles. The third-order valence-corrected chi connectivity index (χ3v) is 4.27. The maximum atomic E-state index is 13.1. The van der Waals surface area contributed by atoms with Crippen LogP contribution in [0.2, 0.25) is 0 Å². The number of furan rings is 1. The van der Waals surface area contributed by atoms with E-state index in [1.807, 2.05) is 19.0 Å². The molecule has 2 heterocycles. The highest BCUT2D eigenvalue weighted by molar-refractivity contribution is 5.91. The second-order valence-electron chi connectivity index (χ2n) is 6.51. The molecule has 0 aliphatic heterocycles. The minimum Gasteiger partial charge on any atom is -0.468 e. The zero-order valence-corrected chi connectivity index (χ0v) is 15.8. The van der Waals surface area contributed by atoms with Crippen LogP contribution in [0.25, 0.3) is 5.69 Å². The van der Waals surface area contributed by atoms with Crippen molar-refractivity contribution in [2.45, 2.75) is 12.2 Å². The highest BCUT2D eigenvalue weighted by atomic mass is 19.4. The lowest BCUT2D eigenvalue weighted by molar-refractivity contribution is -0.137. The lowest BCUT2D eigenvalue weighted by atomic mass is 10.1. The van der Waals surface area contributed by atoms with E-state index in [1.165, 1.54) is 23.2 Å². The molecule has 10 heteroatoms. The largest absolute Gasteiger partial charge is 0.468 e. The Morgan fingerprint density at radius 1 is 1.28 bits per heavy atom. The summed E-state index contributed by atoms with van der Waals surface area (Å²) in [6.45, 7) is 0.197. The highest BCUT2D eigenvalue weighted by Gasteiger charge is 2.31. The van der Waals surface area contributed by atoms with Gasteiger partial charge < -0.3 is 15.1 Å². The van der Waals surface area contributed by atoms with Crippen molar-refractivity contribution in [3.05, 3.63) is 66.4 Å². The first kappa shape index (κ1) is 20.5. The van der Waals surface area contributed by atoms with E-state index < -0.39 is 17.8 Å². The molecule has 0 fully saturated rings. The van der Waals surface area contributed by atoms with Gasteiger partial charge in [-0.3, -0.25) is 4.90 Å². The Kier molecular flexibility index (Phi) is 5.92. The van der Waals surface area contributed by atoms with E-state index in [9.17, 15) is 18.0 Å². The lowest BCUT2D eigenvalue weighted by Gasteiger charge is -2.23. The summed E-state index contributed by atoms with van der Waals surface area (Å²) in [5.41, 5.74) is -0.570. The minimum absolute atomic E-state index is 0.0135. The number of aromatic nitrogens is 2. The van der Waals surface area contributed by atoms with Gasteiger partial charge in [0.25, 0.3) is 0 Å². The molecular weight excluding hydrogens is 387 g/mol. The maximum Gasteiger partial charge on any atom is 0.416 e. The number of nitrogens with one attached hydrogen (secondary N) is 2. The number of amides is 2. The average molecular weight is 407 g/mol. The van der Waals surface area contributed by atoms with Gasteiger partial charge >= 0.3 is 12.2 Å². The Morgan fingerprint density at radius 2 is 2.07 bits per heavy atom. The van der Waals surface area contributed by atoms with Crippen molar-refractivity contribution >= 4 is 11.7 Å². The van der Waals surface area contributed by atoms with Crippen molar-refractivity contribution in [2.24, 2.45) is 0 Å². The van der Waals surface area contributed by atoms with Crippen molar-refractivity contribution in [2.75, 3.05) is 26.0 Å². The lowest BCUT2D eigenvalue weighted by Crippen LogP contribution is -2.37. The standard InChI is InChI=1S/C19H20F3N5O2/c1-26(2)16(17-5-3-10-29-17)12-23-18(28)25-14-11-13(19(20,21)22)6-7-15(14)27-9-4-8-24-27/h3-11,16H,12H2,1-2H3,(H2,23,25,28)/t16-/m0/s1. The molecule has 7 nitrogen and oxygen atoms in total. The second kappa shape index (κ2) is 8.39. The molecule has 3 rings (SSSR count). The summed E-state index contributed by atoms with van der Waals surface area (Å²) in [6, 6.07) is 7.37. The predicted molar refractivity (Wildman–Crippen MR) is 101 cm³/mol. The van der Waals surface area contributed by atoms with Gasteiger partial charge in [0, 0.05) is 18.9 Å². The number of halogens is 3. The Hall–Kier alpha value is -3.27. The van der Waals surface area contributed by atoms with E-state index in [2.05, 4.69) is 15.7 Å². The smallest absolute Gasteiger partial charge is 0.416 e. The van der Waals surface area contributed by atoms with Crippen LogP contribution in [0.15, 0.2) is 59.5 Å². The summed E-state index contributed by atoms with van der Waals surface area (Å²) in [5.74, 6) is 0.659. The zero-order valence-electron chi connectivity index (χ0n) is 15.8. The molecule has 0 radical (unpaired) electrons. The van der Waals surface area contributed by atoms with Crippen LogP contribution in [0.1, 0.15) is 17.4 Å². The fourth-order valence-corrected chi connectivity index (χ4v) is 2.80. The van der Waals surface area contributed by atoms with Gasteiger partial charge in [-0.15, -0.1) is 0 Å². The average Bonchev–Trinajstić information content (AvgIpc) is 3.35. The molecule has 29 heavy (non-hydrogen) atoms. The maximum absolute atomic E-state index is 13.1. The minimum atomic E-state index is -4.54. The first-order valence-electron chi connectivity index (χ1n) is 8.71. The van der Waals surface area contributed by atoms with Gasteiger partial charge in [-0.25, -0.2) is 9.48 Å². The number of carbonyl (C=O) groups is 1. The van der Waals surface area contributed by atoms with Crippen LogP contribution in [-0.4, -0.2) is 41.4 Å². The third-order valence-electron chi connectivity index (χ3n) is 4.27. The van der Waals surface area contributed by atoms with E-state index in [-0.39, 0.29) is 18.3 Å². The molecule has 2 aromatic heterocycles. The number of urea groups is 1. The van der Waals surface area contributed by atoms with E-state index in [1.54, 1.807) is 24.4 Å². The van der Waals surface area contributed by atoms with Gasteiger partial charge in [-0.2, -0.15) is 18.3 Å². The Labute approximate surface area is 165 Å². The first-order chi connectivity index (χ1) is 13.8. The van der Waals surface area contributed by atoms with E-state index in [0.29, 0.717) is 11.4 Å². The quantitative estimate of drug-likeness (QED) is 0.650. The molecule has 2 amide bonds. The van der Waals surface area contributed by atoms with Gasteiger partial charge in [0.1, 0.15) is 5.76 Å². The molecule has 154 valence electrons. The molecule has 0 saturated carbocycles. The number of nitrogens with zero attached hydrogens (tertiary/aromatic N) is 3. The summed E-state index contributed by atoms with van der Waals surface area (Å²) in [7, 11) is 3.66. The topological polar surface area (TPSA) is 75.3 Å². The third kappa shape index (κ3) is 4.96. The zero-order chi connectivity index (χ0) is 21.0. The molecule has 1 aromatic carbocycles. The van der Waals surface area contributed by atoms with E-state index >= 15 is 0 Å². The fourth-order valence-electron chi connectivity index (χ4n) is 2.80. The summed E-state index contributed by atoms with van der Waals surface area (Å²) >= 11 is 0. The van der Waals surface area contributed by atoms with Crippen LogP contribution >= 0.6 is 0 Å². The van der Waals surface area contributed by atoms with E-state index in [4.69, 9.17) is 4.42 Å². The number of carbonyl (C=O) groups excluding carboxylic acids is 1. The summed E-state index contributed by atoms with van der Waals surface area (Å²) < 4.78 is 46.1. The monoisotopic (exact) mass is 407 g/mol. The number of hydrogen-bond donors (Lipinski definition) is 2. The molecule has 0 aliphatic rings. The Balaban J connectivity index is 1.78. The van der Waals surface area contributed by atoms with Crippen molar-refractivity contribution in [3.8, 4) is 5.69 Å². The summed E-state index contributed by atoms with van der Waals surface area (Å²) in [4.78, 5) is 14.3. The van der Waals surface area contributed by atoms with Gasteiger partial charge in [-0.05, 0) is 50.5 Å². The molecular formula is C19H20F3N5O2. The van der Waals surface area contributed by atoms with Gasteiger partial charge in [0.15, 0.2) is 0 Å². The van der Waals surface area contributed by atoms with Crippen LogP contribution in [-0.2, 0) is 6.18 Å². The van der Waals surface area contributed by atoms with Gasteiger partial charge in [0.2, 0.25) is 0 Å². The number of rotatable bonds is 6. The van der Waals surface area contributed by atoms with Gasteiger partial charge in [0.05, 0.1) is 29.2 Å². The van der Waals surface area contributed by atoms with Crippen LogP contribution in [0, 0.1) is 0 Å². The first-order valence-corrected chi connectivity index (χ1v) is 8.71. The van der Waals surface area contributed by atoms with Crippen molar-refractivity contribution < 1.29 is 22.4 Å².